The van der Waals surface area contributed by atoms with Crippen LogP contribution in [0.1, 0.15) is 31.0 Å². The van der Waals surface area contributed by atoms with E-state index in [2.05, 4.69) is 15.3 Å². The van der Waals surface area contributed by atoms with Crippen LogP contribution in [0.5, 0.6) is 0 Å². The number of hydrogen-bond acceptors (Lipinski definition) is 6. The van der Waals surface area contributed by atoms with E-state index in [-0.39, 0.29) is 6.04 Å². The first kappa shape index (κ1) is 15.4. The van der Waals surface area contributed by atoms with E-state index in [9.17, 15) is 8.42 Å². The van der Waals surface area contributed by atoms with Crippen molar-refractivity contribution in [1.82, 2.24) is 14.3 Å². The Morgan fingerprint density at radius 2 is 2.23 bits per heavy atom. The molecule has 6 nitrogen and oxygen atoms in total. The SMILES string of the molecule is CS(=O)(=O)N1CCCC[C@H]1c1csc(Nc2ccccn2)n1. The van der Waals surface area contributed by atoms with Crippen molar-refractivity contribution in [3.05, 3.63) is 35.5 Å². The minimum Gasteiger partial charge on any atom is -0.316 e. The number of hydrogen-bond donors (Lipinski definition) is 1. The molecule has 0 spiro atoms. The van der Waals surface area contributed by atoms with Crippen LogP contribution in [0.3, 0.4) is 0 Å². The van der Waals surface area contributed by atoms with Gasteiger partial charge < -0.3 is 5.32 Å². The number of piperidine rings is 1. The molecular formula is C14H18N4O2S2. The quantitative estimate of drug-likeness (QED) is 0.928. The Kier molecular flexibility index (Phi) is 4.42. The van der Waals surface area contributed by atoms with E-state index in [1.807, 2.05) is 23.6 Å². The van der Waals surface area contributed by atoms with E-state index < -0.39 is 10.0 Å². The van der Waals surface area contributed by atoms with Crippen LogP contribution in [-0.2, 0) is 10.0 Å². The molecule has 1 N–H and O–H groups in total. The van der Waals surface area contributed by atoms with Gasteiger partial charge in [0.05, 0.1) is 18.0 Å². The Morgan fingerprint density at radius 3 is 2.95 bits per heavy atom. The molecule has 22 heavy (non-hydrogen) atoms. The Balaban J connectivity index is 1.80. The molecule has 0 saturated carbocycles. The van der Waals surface area contributed by atoms with E-state index in [1.54, 1.807) is 10.5 Å². The first-order valence-corrected chi connectivity index (χ1v) is 9.87. The molecule has 0 amide bonds. The van der Waals surface area contributed by atoms with Crippen LogP contribution in [0, 0.1) is 0 Å². The third-order valence-corrected chi connectivity index (χ3v) is 5.71. The number of nitrogens with zero attached hydrogens (tertiary/aromatic N) is 3. The number of nitrogens with one attached hydrogen (secondary N) is 1. The topological polar surface area (TPSA) is 75.2 Å². The van der Waals surface area contributed by atoms with Crippen LogP contribution >= 0.6 is 11.3 Å². The van der Waals surface area contributed by atoms with Gasteiger partial charge in [-0.1, -0.05) is 12.5 Å². The second kappa shape index (κ2) is 6.31. The standard InChI is InChI=1S/C14H18N4O2S2/c1-22(19,20)18-9-5-3-6-12(18)11-10-21-14(16-11)17-13-7-2-4-8-15-13/h2,4,7-8,10,12H,3,5-6,9H2,1H3,(H,15,16,17)/t12-/m0/s1. The van der Waals surface area contributed by atoms with E-state index in [0.717, 1.165) is 35.9 Å². The summed E-state index contributed by atoms with van der Waals surface area (Å²) in [5.41, 5.74) is 0.813. The number of pyridine rings is 1. The second-order valence-electron chi connectivity index (χ2n) is 5.30. The van der Waals surface area contributed by atoms with Gasteiger partial charge >= 0.3 is 0 Å². The van der Waals surface area contributed by atoms with Gasteiger partial charge in [0.1, 0.15) is 5.82 Å². The lowest BCUT2D eigenvalue weighted by molar-refractivity contribution is 0.254. The zero-order valence-electron chi connectivity index (χ0n) is 12.3. The zero-order valence-corrected chi connectivity index (χ0v) is 13.9. The molecule has 0 aliphatic carbocycles. The summed E-state index contributed by atoms with van der Waals surface area (Å²) in [6.45, 7) is 0.573. The normalized spacial score (nSPS) is 20.0. The smallest absolute Gasteiger partial charge is 0.211 e. The van der Waals surface area contributed by atoms with Gasteiger partial charge in [-0.2, -0.15) is 4.31 Å². The lowest BCUT2D eigenvalue weighted by atomic mass is 10.0. The van der Waals surface area contributed by atoms with Crippen molar-refractivity contribution in [2.24, 2.45) is 0 Å². The van der Waals surface area contributed by atoms with Crippen LogP contribution in [-0.4, -0.2) is 35.5 Å². The van der Waals surface area contributed by atoms with Crippen LogP contribution in [0.4, 0.5) is 10.9 Å². The van der Waals surface area contributed by atoms with Crippen molar-refractivity contribution < 1.29 is 8.42 Å². The molecule has 1 aliphatic rings. The summed E-state index contributed by atoms with van der Waals surface area (Å²) in [7, 11) is -3.21. The van der Waals surface area contributed by atoms with Gasteiger partial charge in [0, 0.05) is 18.1 Å². The summed E-state index contributed by atoms with van der Waals surface area (Å²) in [5.74, 6) is 0.729. The molecule has 2 aromatic heterocycles. The lowest BCUT2D eigenvalue weighted by Gasteiger charge is -2.32. The Morgan fingerprint density at radius 1 is 1.36 bits per heavy atom. The molecule has 1 saturated heterocycles. The fourth-order valence-electron chi connectivity index (χ4n) is 2.64. The minimum absolute atomic E-state index is 0.153. The lowest BCUT2D eigenvalue weighted by Crippen LogP contribution is -2.37. The van der Waals surface area contributed by atoms with E-state index in [1.165, 1.54) is 17.6 Å². The monoisotopic (exact) mass is 338 g/mol. The van der Waals surface area contributed by atoms with Crippen LogP contribution in [0.25, 0.3) is 0 Å². The molecule has 3 rings (SSSR count). The summed E-state index contributed by atoms with van der Waals surface area (Å²) in [6.07, 6.45) is 5.73. The van der Waals surface area contributed by atoms with Gasteiger partial charge in [-0.25, -0.2) is 18.4 Å². The van der Waals surface area contributed by atoms with Gasteiger partial charge in [0.2, 0.25) is 10.0 Å². The average Bonchev–Trinajstić information content (AvgIpc) is 2.96. The molecule has 2 aromatic rings. The number of sulfonamides is 1. The van der Waals surface area contributed by atoms with Crippen molar-refractivity contribution in [3.8, 4) is 0 Å². The summed E-state index contributed by atoms with van der Waals surface area (Å²) in [5, 5.41) is 5.80. The molecule has 0 unspecified atom stereocenters. The van der Waals surface area contributed by atoms with Crippen molar-refractivity contribution in [2.75, 3.05) is 18.1 Å². The predicted molar refractivity (Wildman–Crippen MR) is 87.8 cm³/mol. The Labute approximate surface area is 134 Å². The highest BCUT2D eigenvalue weighted by Crippen LogP contribution is 2.34. The largest absolute Gasteiger partial charge is 0.316 e. The van der Waals surface area contributed by atoms with Crippen LogP contribution in [0.2, 0.25) is 0 Å². The summed E-state index contributed by atoms with van der Waals surface area (Å²) >= 11 is 1.47. The van der Waals surface area contributed by atoms with Gasteiger partial charge in [-0.3, -0.25) is 0 Å². The molecule has 0 aromatic carbocycles. The van der Waals surface area contributed by atoms with Gasteiger partial charge in [-0.05, 0) is 25.0 Å². The number of aromatic nitrogens is 2. The molecule has 1 atom stereocenters. The maximum Gasteiger partial charge on any atom is 0.211 e. The summed E-state index contributed by atoms with van der Waals surface area (Å²) in [6, 6.07) is 5.46. The molecule has 3 heterocycles. The molecule has 0 radical (unpaired) electrons. The van der Waals surface area contributed by atoms with Gasteiger partial charge in [-0.15, -0.1) is 11.3 Å². The van der Waals surface area contributed by atoms with E-state index in [4.69, 9.17) is 0 Å². The Hall–Kier alpha value is -1.51. The maximum atomic E-state index is 11.9. The van der Waals surface area contributed by atoms with Crippen LogP contribution < -0.4 is 5.32 Å². The Bertz CT molecular complexity index is 730. The second-order valence-corrected chi connectivity index (χ2v) is 8.10. The maximum absolute atomic E-state index is 11.9. The number of thiazole rings is 1. The zero-order chi connectivity index (χ0) is 15.6. The van der Waals surface area contributed by atoms with Crippen molar-refractivity contribution in [1.29, 1.82) is 0 Å². The molecule has 0 bridgehead atoms. The highest BCUT2D eigenvalue weighted by molar-refractivity contribution is 7.88. The van der Waals surface area contributed by atoms with E-state index >= 15 is 0 Å². The molecule has 118 valence electrons. The highest BCUT2D eigenvalue weighted by atomic mass is 32.2. The minimum atomic E-state index is -3.21. The molecule has 1 fully saturated rings. The van der Waals surface area contributed by atoms with E-state index in [0.29, 0.717) is 6.54 Å². The molecule has 1 aliphatic heterocycles. The van der Waals surface area contributed by atoms with Gasteiger partial charge in [0.25, 0.3) is 0 Å². The fraction of sp³-hybridized carbons (Fsp3) is 0.429. The third-order valence-electron chi connectivity index (χ3n) is 3.64. The van der Waals surface area contributed by atoms with Crippen LogP contribution in [0.15, 0.2) is 29.8 Å². The predicted octanol–water partition coefficient (Wildman–Crippen LogP) is 2.77. The van der Waals surface area contributed by atoms with Crippen molar-refractivity contribution in [2.45, 2.75) is 25.3 Å². The van der Waals surface area contributed by atoms with Gasteiger partial charge in [0.15, 0.2) is 5.13 Å². The number of anilines is 2. The summed E-state index contributed by atoms with van der Waals surface area (Å²) < 4.78 is 25.5. The fourth-order valence-corrected chi connectivity index (χ4v) is 4.54. The average molecular weight is 338 g/mol. The van der Waals surface area contributed by atoms with Crippen molar-refractivity contribution >= 4 is 32.3 Å². The van der Waals surface area contributed by atoms with Crippen molar-refractivity contribution in [3.63, 3.8) is 0 Å². The number of rotatable bonds is 4. The third kappa shape index (κ3) is 3.45. The molecular weight excluding hydrogens is 320 g/mol. The summed E-state index contributed by atoms with van der Waals surface area (Å²) in [4.78, 5) is 8.75. The molecule has 8 heteroatoms. The first-order chi connectivity index (χ1) is 10.5. The first-order valence-electron chi connectivity index (χ1n) is 7.14. The highest BCUT2D eigenvalue weighted by Gasteiger charge is 2.32.